The number of aldehydes is 1. The number of rotatable bonds is 4. The minimum Gasteiger partial charge on any atom is -0.349 e. The molecule has 1 aromatic carbocycles. The molecule has 0 saturated carbocycles. The van der Waals surface area contributed by atoms with Gasteiger partial charge in [-0.15, -0.1) is 0 Å². The van der Waals surface area contributed by atoms with Gasteiger partial charge in [-0.3, -0.25) is 9.59 Å². The third kappa shape index (κ3) is 2.48. The first-order valence-corrected chi connectivity index (χ1v) is 5.63. The lowest BCUT2D eigenvalue weighted by Gasteiger charge is -2.05. The van der Waals surface area contributed by atoms with Crippen LogP contribution in [0.3, 0.4) is 0 Å². The molecular weight excluding hydrogens is 202 g/mol. The van der Waals surface area contributed by atoms with Crippen molar-refractivity contribution in [3.8, 4) is 0 Å². The molecule has 1 amide bonds. The molecule has 0 atom stereocenters. The first kappa shape index (κ1) is 10.9. The van der Waals surface area contributed by atoms with E-state index < -0.39 is 5.91 Å². The molecule has 0 aliphatic heterocycles. The van der Waals surface area contributed by atoms with Crippen molar-refractivity contribution in [2.45, 2.75) is 25.7 Å². The van der Waals surface area contributed by atoms with E-state index in [2.05, 4.69) is 23.5 Å². The molecule has 3 heteroatoms. The zero-order valence-electron chi connectivity index (χ0n) is 9.16. The SMILES string of the molecule is O=CC(=O)NCCc1ccc2c(c1)CCC2. The lowest BCUT2D eigenvalue weighted by Crippen LogP contribution is -2.26. The number of fused-ring (bicyclic) bond motifs is 1. The Labute approximate surface area is 94.9 Å². The van der Waals surface area contributed by atoms with Gasteiger partial charge in [0.15, 0.2) is 0 Å². The number of aryl methyl sites for hydroxylation is 2. The van der Waals surface area contributed by atoms with Crippen LogP contribution >= 0.6 is 0 Å². The minimum atomic E-state index is -0.541. The average Bonchev–Trinajstić information content (AvgIpc) is 2.76. The summed E-state index contributed by atoms with van der Waals surface area (Å²) in [5.41, 5.74) is 4.13. The second-order valence-electron chi connectivity index (χ2n) is 4.12. The fourth-order valence-corrected chi connectivity index (χ4v) is 2.15. The molecule has 1 aliphatic carbocycles. The van der Waals surface area contributed by atoms with Gasteiger partial charge in [-0.1, -0.05) is 18.2 Å². The highest BCUT2D eigenvalue weighted by Gasteiger charge is 2.10. The number of hydrogen-bond donors (Lipinski definition) is 1. The van der Waals surface area contributed by atoms with Crippen molar-refractivity contribution in [1.82, 2.24) is 5.32 Å². The third-order valence-corrected chi connectivity index (χ3v) is 2.98. The van der Waals surface area contributed by atoms with E-state index in [1.165, 1.54) is 36.0 Å². The van der Waals surface area contributed by atoms with Gasteiger partial charge in [-0.05, 0) is 42.4 Å². The number of carbonyl (C=O) groups excluding carboxylic acids is 2. The monoisotopic (exact) mass is 217 g/mol. The van der Waals surface area contributed by atoms with E-state index in [1.54, 1.807) is 0 Å². The summed E-state index contributed by atoms with van der Waals surface area (Å²) in [6.07, 6.45) is 4.71. The van der Waals surface area contributed by atoms with E-state index in [0.29, 0.717) is 12.8 Å². The zero-order valence-corrected chi connectivity index (χ0v) is 9.16. The minimum absolute atomic E-state index is 0.308. The fraction of sp³-hybridized carbons (Fsp3) is 0.385. The van der Waals surface area contributed by atoms with E-state index in [0.717, 1.165) is 6.42 Å². The lowest BCUT2D eigenvalue weighted by molar-refractivity contribution is -0.131. The van der Waals surface area contributed by atoms with Crippen LogP contribution < -0.4 is 5.32 Å². The molecule has 0 saturated heterocycles. The van der Waals surface area contributed by atoms with Crippen LogP contribution in [-0.4, -0.2) is 18.7 Å². The van der Waals surface area contributed by atoms with Crippen LogP contribution in [0, 0.1) is 0 Å². The first-order valence-electron chi connectivity index (χ1n) is 5.63. The second kappa shape index (κ2) is 4.92. The quantitative estimate of drug-likeness (QED) is 0.605. The highest BCUT2D eigenvalue weighted by Crippen LogP contribution is 2.22. The third-order valence-electron chi connectivity index (χ3n) is 2.98. The van der Waals surface area contributed by atoms with Gasteiger partial charge >= 0.3 is 0 Å². The standard InChI is InChI=1S/C13H15NO2/c15-9-13(16)14-7-6-10-4-5-11-2-1-3-12(11)8-10/h4-5,8-9H,1-3,6-7H2,(H,14,16). The molecule has 2 rings (SSSR count). The van der Waals surface area contributed by atoms with Crippen molar-refractivity contribution in [2.75, 3.05) is 6.54 Å². The van der Waals surface area contributed by atoms with Gasteiger partial charge in [-0.2, -0.15) is 0 Å². The van der Waals surface area contributed by atoms with Crippen LogP contribution in [0.1, 0.15) is 23.1 Å². The molecule has 16 heavy (non-hydrogen) atoms. The maximum absolute atomic E-state index is 10.7. The summed E-state index contributed by atoms with van der Waals surface area (Å²) >= 11 is 0. The molecule has 0 bridgehead atoms. The van der Waals surface area contributed by atoms with Gasteiger partial charge in [0.2, 0.25) is 6.29 Å². The Balaban J connectivity index is 1.90. The van der Waals surface area contributed by atoms with E-state index >= 15 is 0 Å². The summed E-state index contributed by atoms with van der Waals surface area (Å²) in [7, 11) is 0. The Morgan fingerprint density at radius 2 is 2.12 bits per heavy atom. The van der Waals surface area contributed by atoms with Crippen molar-refractivity contribution < 1.29 is 9.59 Å². The highest BCUT2D eigenvalue weighted by atomic mass is 16.2. The predicted molar refractivity (Wildman–Crippen MR) is 61.2 cm³/mol. The summed E-state index contributed by atoms with van der Waals surface area (Å²) in [6, 6.07) is 6.51. The van der Waals surface area contributed by atoms with Gasteiger partial charge in [0.1, 0.15) is 0 Å². The second-order valence-corrected chi connectivity index (χ2v) is 4.12. The molecule has 0 fully saturated rings. The number of carbonyl (C=O) groups is 2. The van der Waals surface area contributed by atoms with Crippen LogP contribution in [0.15, 0.2) is 18.2 Å². The van der Waals surface area contributed by atoms with E-state index in [1.807, 2.05) is 0 Å². The topological polar surface area (TPSA) is 46.2 Å². The molecule has 1 aromatic rings. The first-order chi connectivity index (χ1) is 7.79. The molecule has 84 valence electrons. The molecule has 3 nitrogen and oxygen atoms in total. The molecule has 0 heterocycles. The van der Waals surface area contributed by atoms with Crippen LogP contribution in [0.5, 0.6) is 0 Å². The van der Waals surface area contributed by atoms with Gasteiger partial charge in [0, 0.05) is 6.54 Å². The Morgan fingerprint density at radius 1 is 1.31 bits per heavy atom. The van der Waals surface area contributed by atoms with E-state index in [-0.39, 0.29) is 0 Å². The summed E-state index contributed by atoms with van der Waals surface area (Å²) in [5.74, 6) is -0.541. The van der Waals surface area contributed by atoms with Crippen molar-refractivity contribution in [2.24, 2.45) is 0 Å². The summed E-state index contributed by atoms with van der Waals surface area (Å²) in [4.78, 5) is 20.8. The van der Waals surface area contributed by atoms with E-state index in [4.69, 9.17) is 0 Å². The van der Waals surface area contributed by atoms with E-state index in [9.17, 15) is 9.59 Å². The number of nitrogens with one attached hydrogen (secondary N) is 1. The smallest absolute Gasteiger partial charge is 0.284 e. The van der Waals surface area contributed by atoms with Gasteiger partial charge in [-0.25, -0.2) is 0 Å². The van der Waals surface area contributed by atoms with Crippen LogP contribution in [0.25, 0.3) is 0 Å². The lowest BCUT2D eigenvalue weighted by atomic mass is 10.0. The van der Waals surface area contributed by atoms with Crippen LogP contribution in [0.2, 0.25) is 0 Å². The summed E-state index contributed by atoms with van der Waals surface area (Å²) in [6.45, 7) is 0.524. The largest absolute Gasteiger partial charge is 0.349 e. The van der Waals surface area contributed by atoms with Gasteiger partial charge in [0.25, 0.3) is 5.91 Å². The van der Waals surface area contributed by atoms with Crippen LogP contribution in [-0.2, 0) is 28.9 Å². The Morgan fingerprint density at radius 3 is 2.94 bits per heavy atom. The van der Waals surface area contributed by atoms with Gasteiger partial charge in [0.05, 0.1) is 0 Å². The Hall–Kier alpha value is -1.64. The average molecular weight is 217 g/mol. The number of amides is 1. The number of hydrogen-bond acceptors (Lipinski definition) is 2. The molecule has 0 spiro atoms. The molecular formula is C13H15NO2. The molecule has 0 aromatic heterocycles. The Bertz CT molecular complexity index is 412. The van der Waals surface area contributed by atoms with Crippen molar-refractivity contribution in [1.29, 1.82) is 0 Å². The normalized spacial score (nSPS) is 13.2. The molecule has 1 N–H and O–H groups in total. The maximum Gasteiger partial charge on any atom is 0.284 e. The van der Waals surface area contributed by atoms with Crippen molar-refractivity contribution in [3.63, 3.8) is 0 Å². The van der Waals surface area contributed by atoms with Crippen LogP contribution in [0.4, 0.5) is 0 Å². The van der Waals surface area contributed by atoms with Crippen molar-refractivity contribution in [3.05, 3.63) is 34.9 Å². The zero-order chi connectivity index (χ0) is 11.4. The molecule has 0 radical (unpaired) electrons. The summed E-state index contributed by atoms with van der Waals surface area (Å²) < 4.78 is 0. The Kier molecular flexibility index (Phi) is 3.34. The maximum atomic E-state index is 10.7. The van der Waals surface area contributed by atoms with Gasteiger partial charge < -0.3 is 5.32 Å². The molecule has 0 unspecified atom stereocenters. The summed E-state index contributed by atoms with van der Waals surface area (Å²) in [5, 5.41) is 2.54. The predicted octanol–water partition coefficient (Wildman–Crippen LogP) is 1.03. The van der Waals surface area contributed by atoms with Crippen molar-refractivity contribution >= 4 is 12.2 Å². The highest BCUT2D eigenvalue weighted by molar-refractivity contribution is 6.23. The number of benzene rings is 1. The molecule has 1 aliphatic rings. The fourth-order valence-electron chi connectivity index (χ4n) is 2.15.